The highest BCUT2D eigenvalue weighted by Crippen LogP contribution is 2.30. The number of nitrogens with zero attached hydrogens (tertiary/aromatic N) is 3. The molecule has 156 valence electrons. The van der Waals surface area contributed by atoms with Crippen LogP contribution < -0.4 is 5.32 Å². The fraction of sp³-hybridized carbons (Fsp3) is 0.500. The fourth-order valence-electron chi connectivity index (χ4n) is 3.92. The quantitative estimate of drug-likeness (QED) is 0.719. The summed E-state index contributed by atoms with van der Waals surface area (Å²) in [5, 5.41) is 9.92. The van der Waals surface area contributed by atoms with Crippen LogP contribution in [0.1, 0.15) is 42.5 Å². The standard InChI is InChI=1S/C20H27N5O3S/c26-19(9-12-24-10-5-2-6-11-24)21-20-17-13-25(14-18(17)22-23-20)29(27,28)15-16-7-3-1-4-8-16/h1,3-4,7-8H,2,5-6,9-15H2,(H2,21,22,23,26). The first-order valence-corrected chi connectivity index (χ1v) is 11.7. The summed E-state index contributed by atoms with van der Waals surface area (Å²) >= 11 is 0. The third-order valence-corrected chi connectivity index (χ3v) is 7.31. The number of hydrogen-bond donors (Lipinski definition) is 2. The first-order chi connectivity index (χ1) is 14.0. The lowest BCUT2D eigenvalue weighted by Crippen LogP contribution is -2.32. The third-order valence-electron chi connectivity index (χ3n) is 5.57. The second-order valence-electron chi connectivity index (χ2n) is 7.74. The van der Waals surface area contributed by atoms with Crippen LogP contribution in [0.15, 0.2) is 30.3 Å². The van der Waals surface area contributed by atoms with Crippen molar-refractivity contribution in [2.24, 2.45) is 0 Å². The molecule has 0 atom stereocenters. The minimum Gasteiger partial charge on any atom is -0.309 e. The molecule has 0 saturated carbocycles. The van der Waals surface area contributed by atoms with Crippen molar-refractivity contribution in [3.63, 3.8) is 0 Å². The van der Waals surface area contributed by atoms with E-state index in [2.05, 4.69) is 20.4 Å². The Kier molecular flexibility index (Phi) is 5.98. The Bertz CT molecular complexity index is 952. The van der Waals surface area contributed by atoms with Gasteiger partial charge in [-0.25, -0.2) is 8.42 Å². The van der Waals surface area contributed by atoms with E-state index in [1.54, 1.807) is 0 Å². The topological polar surface area (TPSA) is 98.4 Å². The van der Waals surface area contributed by atoms with Crippen LogP contribution in [0, 0.1) is 0 Å². The van der Waals surface area contributed by atoms with Gasteiger partial charge in [0.1, 0.15) is 0 Å². The summed E-state index contributed by atoms with van der Waals surface area (Å²) in [6.45, 7) is 3.33. The maximum absolute atomic E-state index is 12.8. The number of H-pyrrole nitrogens is 1. The number of fused-ring (bicyclic) bond motifs is 1. The van der Waals surface area contributed by atoms with Gasteiger partial charge in [0.15, 0.2) is 5.82 Å². The molecule has 2 aliphatic heterocycles. The van der Waals surface area contributed by atoms with Crippen molar-refractivity contribution in [1.82, 2.24) is 19.4 Å². The molecule has 2 aromatic rings. The van der Waals surface area contributed by atoms with E-state index in [9.17, 15) is 13.2 Å². The van der Waals surface area contributed by atoms with Gasteiger partial charge in [0.2, 0.25) is 15.9 Å². The first kappa shape index (κ1) is 20.1. The molecule has 29 heavy (non-hydrogen) atoms. The predicted octanol–water partition coefficient (Wildman–Crippen LogP) is 2.07. The van der Waals surface area contributed by atoms with Gasteiger partial charge in [-0.2, -0.15) is 9.40 Å². The molecule has 0 radical (unpaired) electrons. The largest absolute Gasteiger partial charge is 0.309 e. The molecule has 0 aliphatic carbocycles. The summed E-state index contributed by atoms with van der Waals surface area (Å²) < 4.78 is 27.0. The first-order valence-electron chi connectivity index (χ1n) is 10.1. The molecule has 9 heteroatoms. The Morgan fingerprint density at radius 1 is 1.10 bits per heavy atom. The van der Waals surface area contributed by atoms with Gasteiger partial charge in [0.25, 0.3) is 0 Å². The summed E-state index contributed by atoms with van der Waals surface area (Å²) in [6, 6.07) is 9.14. The number of sulfonamides is 1. The van der Waals surface area contributed by atoms with Gasteiger partial charge >= 0.3 is 0 Å². The molecule has 1 fully saturated rings. The molecule has 0 spiro atoms. The molecular weight excluding hydrogens is 390 g/mol. The highest BCUT2D eigenvalue weighted by atomic mass is 32.2. The Balaban J connectivity index is 1.34. The SMILES string of the molecule is O=C(CCN1CCCCC1)Nc1n[nH]c2c1CN(S(=O)(=O)Cc1ccccc1)C2. The van der Waals surface area contributed by atoms with Gasteiger partial charge in [0, 0.05) is 25.1 Å². The number of likely N-dealkylation sites (tertiary alicyclic amines) is 1. The van der Waals surface area contributed by atoms with Crippen molar-refractivity contribution in [2.45, 2.75) is 44.5 Å². The van der Waals surface area contributed by atoms with Crippen LogP contribution in [0.3, 0.4) is 0 Å². The zero-order chi connectivity index (χ0) is 20.3. The van der Waals surface area contributed by atoms with Crippen LogP contribution in [0.4, 0.5) is 5.82 Å². The lowest BCUT2D eigenvalue weighted by molar-refractivity contribution is -0.116. The number of anilines is 1. The number of rotatable bonds is 7. The third kappa shape index (κ3) is 4.85. The van der Waals surface area contributed by atoms with Crippen LogP contribution in [-0.2, 0) is 33.7 Å². The smallest absolute Gasteiger partial charge is 0.226 e. The van der Waals surface area contributed by atoms with Crippen LogP contribution in [0.5, 0.6) is 0 Å². The normalized spacial score (nSPS) is 17.9. The molecule has 0 bridgehead atoms. The van der Waals surface area contributed by atoms with E-state index in [1.165, 1.54) is 23.6 Å². The van der Waals surface area contributed by atoms with Gasteiger partial charge in [0.05, 0.1) is 18.0 Å². The maximum Gasteiger partial charge on any atom is 0.226 e. The van der Waals surface area contributed by atoms with Crippen LogP contribution >= 0.6 is 0 Å². The van der Waals surface area contributed by atoms with Crippen molar-refractivity contribution < 1.29 is 13.2 Å². The Labute approximate surface area is 171 Å². The molecule has 1 amide bonds. The molecule has 3 heterocycles. The van der Waals surface area contributed by atoms with E-state index in [0.29, 0.717) is 12.2 Å². The van der Waals surface area contributed by atoms with E-state index in [0.717, 1.165) is 36.5 Å². The molecule has 1 saturated heterocycles. The number of carbonyl (C=O) groups is 1. The molecule has 8 nitrogen and oxygen atoms in total. The monoisotopic (exact) mass is 417 g/mol. The number of hydrogen-bond acceptors (Lipinski definition) is 5. The molecular formula is C20H27N5O3S. The number of amides is 1. The molecule has 2 N–H and O–H groups in total. The minimum absolute atomic E-state index is 0.0386. The highest BCUT2D eigenvalue weighted by molar-refractivity contribution is 7.88. The van der Waals surface area contributed by atoms with E-state index >= 15 is 0 Å². The average molecular weight is 418 g/mol. The van der Waals surface area contributed by atoms with E-state index in [4.69, 9.17) is 0 Å². The fourth-order valence-corrected chi connectivity index (χ4v) is 5.37. The minimum atomic E-state index is -3.45. The van der Waals surface area contributed by atoms with E-state index in [-0.39, 0.29) is 24.7 Å². The van der Waals surface area contributed by atoms with Crippen molar-refractivity contribution in [2.75, 3.05) is 25.0 Å². The highest BCUT2D eigenvalue weighted by Gasteiger charge is 2.33. The Hall–Kier alpha value is -2.23. The second-order valence-corrected chi connectivity index (χ2v) is 9.71. The van der Waals surface area contributed by atoms with Crippen molar-refractivity contribution in [3.8, 4) is 0 Å². The van der Waals surface area contributed by atoms with Gasteiger partial charge in [-0.15, -0.1) is 0 Å². The number of carbonyl (C=O) groups excluding carboxylic acids is 1. The van der Waals surface area contributed by atoms with Gasteiger partial charge in [-0.3, -0.25) is 9.89 Å². The maximum atomic E-state index is 12.8. The molecule has 0 unspecified atom stereocenters. The van der Waals surface area contributed by atoms with Crippen molar-refractivity contribution in [3.05, 3.63) is 47.2 Å². The number of benzene rings is 1. The second kappa shape index (κ2) is 8.64. The van der Waals surface area contributed by atoms with Crippen LogP contribution in [0.2, 0.25) is 0 Å². The average Bonchev–Trinajstić information content (AvgIpc) is 3.30. The van der Waals surface area contributed by atoms with Gasteiger partial charge < -0.3 is 10.2 Å². The number of piperidine rings is 1. The summed E-state index contributed by atoms with van der Waals surface area (Å²) in [6.07, 6.45) is 4.08. The van der Waals surface area contributed by atoms with Crippen LogP contribution in [0.25, 0.3) is 0 Å². The summed E-state index contributed by atoms with van der Waals surface area (Å²) in [7, 11) is -3.45. The van der Waals surface area contributed by atoms with Crippen molar-refractivity contribution >= 4 is 21.7 Å². The van der Waals surface area contributed by atoms with E-state index < -0.39 is 10.0 Å². The zero-order valence-electron chi connectivity index (χ0n) is 16.4. The Morgan fingerprint density at radius 3 is 2.62 bits per heavy atom. The van der Waals surface area contributed by atoms with Gasteiger partial charge in [-0.1, -0.05) is 36.8 Å². The van der Waals surface area contributed by atoms with Gasteiger partial charge in [-0.05, 0) is 31.5 Å². The number of nitrogens with one attached hydrogen (secondary N) is 2. The molecule has 4 rings (SSSR count). The molecule has 2 aliphatic rings. The number of aromatic amines is 1. The summed E-state index contributed by atoms with van der Waals surface area (Å²) in [4.78, 5) is 14.7. The summed E-state index contributed by atoms with van der Waals surface area (Å²) in [5.41, 5.74) is 2.26. The van der Waals surface area contributed by atoms with Crippen LogP contribution in [-0.4, -0.2) is 53.4 Å². The Morgan fingerprint density at radius 2 is 1.86 bits per heavy atom. The molecule has 1 aromatic carbocycles. The zero-order valence-corrected chi connectivity index (χ0v) is 17.2. The lowest BCUT2D eigenvalue weighted by Gasteiger charge is -2.25. The summed E-state index contributed by atoms with van der Waals surface area (Å²) in [5.74, 6) is 0.319. The van der Waals surface area contributed by atoms with Crippen molar-refractivity contribution in [1.29, 1.82) is 0 Å². The van der Waals surface area contributed by atoms with E-state index in [1.807, 2.05) is 30.3 Å². The number of aromatic nitrogens is 2. The molecule has 1 aromatic heterocycles. The predicted molar refractivity (Wildman–Crippen MR) is 110 cm³/mol. The lowest BCUT2D eigenvalue weighted by atomic mass is 10.1.